The molecule has 108 valence electrons. The van der Waals surface area contributed by atoms with Gasteiger partial charge in [0.25, 0.3) is 0 Å². The number of para-hydroxylation sites is 1. The van der Waals surface area contributed by atoms with Crippen molar-refractivity contribution in [3.8, 4) is 5.75 Å². The SMILES string of the molecule is O=C(Cc1ccc(Br)cc1F)C1CCOc2ccccc21. The van der Waals surface area contributed by atoms with Gasteiger partial charge in [0.15, 0.2) is 0 Å². The van der Waals surface area contributed by atoms with Gasteiger partial charge < -0.3 is 4.74 Å². The smallest absolute Gasteiger partial charge is 0.145 e. The number of benzene rings is 2. The maximum absolute atomic E-state index is 13.9. The lowest BCUT2D eigenvalue weighted by Gasteiger charge is -2.24. The Balaban J connectivity index is 1.83. The minimum absolute atomic E-state index is 0.0342. The zero-order chi connectivity index (χ0) is 14.8. The number of rotatable bonds is 3. The number of halogens is 2. The van der Waals surface area contributed by atoms with Crippen molar-refractivity contribution in [1.82, 2.24) is 0 Å². The number of carbonyl (C=O) groups excluding carboxylic acids is 1. The fourth-order valence-electron chi connectivity index (χ4n) is 2.65. The first-order valence-electron chi connectivity index (χ1n) is 6.83. The largest absolute Gasteiger partial charge is 0.493 e. The minimum Gasteiger partial charge on any atom is -0.493 e. The highest BCUT2D eigenvalue weighted by molar-refractivity contribution is 9.10. The molecule has 0 bridgehead atoms. The fourth-order valence-corrected chi connectivity index (χ4v) is 2.99. The lowest BCUT2D eigenvalue weighted by molar-refractivity contribution is -0.120. The van der Waals surface area contributed by atoms with Gasteiger partial charge in [0.2, 0.25) is 0 Å². The Hall–Kier alpha value is -1.68. The van der Waals surface area contributed by atoms with E-state index in [0.29, 0.717) is 23.1 Å². The highest BCUT2D eigenvalue weighted by atomic mass is 79.9. The molecule has 0 saturated heterocycles. The van der Waals surface area contributed by atoms with Gasteiger partial charge in [-0.3, -0.25) is 4.79 Å². The van der Waals surface area contributed by atoms with Crippen molar-refractivity contribution in [2.45, 2.75) is 18.8 Å². The van der Waals surface area contributed by atoms with Crippen LogP contribution in [0.25, 0.3) is 0 Å². The number of Topliss-reactive ketones (excluding diaryl/α,β-unsaturated/α-hetero) is 1. The minimum atomic E-state index is -0.349. The molecule has 1 atom stereocenters. The third-order valence-electron chi connectivity index (χ3n) is 3.73. The van der Waals surface area contributed by atoms with Gasteiger partial charge in [-0.2, -0.15) is 0 Å². The van der Waals surface area contributed by atoms with Gasteiger partial charge in [-0.25, -0.2) is 4.39 Å². The maximum atomic E-state index is 13.9. The average Bonchev–Trinajstić information content (AvgIpc) is 2.49. The Bertz CT molecular complexity index is 684. The van der Waals surface area contributed by atoms with Crippen molar-refractivity contribution in [2.75, 3.05) is 6.61 Å². The number of hydrogen-bond donors (Lipinski definition) is 0. The van der Waals surface area contributed by atoms with Crippen LogP contribution in [0.5, 0.6) is 5.75 Å². The molecule has 2 aromatic rings. The molecule has 0 spiro atoms. The Kier molecular flexibility index (Phi) is 4.06. The standard InChI is InChI=1S/C17H14BrFO2/c18-12-6-5-11(15(19)10-12)9-16(20)13-7-8-21-17-4-2-1-3-14(13)17/h1-6,10,13H,7-9H2. The predicted molar refractivity (Wildman–Crippen MR) is 82.1 cm³/mol. The topological polar surface area (TPSA) is 26.3 Å². The first-order chi connectivity index (χ1) is 10.1. The van der Waals surface area contributed by atoms with Crippen molar-refractivity contribution in [2.24, 2.45) is 0 Å². The molecule has 1 unspecified atom stereocenters. The number of ketones is 1. The molecule has 0 N–H and O–H groups in total. The van der Waals surface area contributed by atoms with Crippen molar-refractivity contribution in [1.29, 1.82) is 0 Å². The highest BCUT2D eigenvalue weighted by Crippen LogP contribution is 2.34. The summed E-state index contributed by atoms with van der Waals surface area (Å²) in [6, 6.07) is 12.4. The average molecular weight is 349 g/mol. The van der Waals surface area contributed by atoms with E-state index in [4.69, 9.17) is 4.74 Å². The number of fused-ring (bicyclic) bond motifs is 1. The molecule has 0 amide bonds. The lowest BCUT2D eigenvalue weighted by Crippen LogP contribution is -2.22. The summed E-state index contributed by atoms with van der Waals surface area (Å²) >= 11 is 3.22. The summed E-state index contributed by atoms with van der Waals surface area (Å²) in [4.78, 5) is 12.5. The Morgan fingerprint density at radius 3 is 2.90 bits per heavy atom. The molecule has 2 nitrogen and oxygen atoms in total. The summed E-state index contributed by atoms with van der Waals surface area (Å²) in [5.74, 6) is 0.237. The Morgan fingerprint density at radius 1 is 1.29 bits per heavy atom. The van der Waals surface area contributed by atoms with Crippen LogP contribution >= 0.6 is 15.9 Å². The molecule has 3 rings (SSSR count). The second-order valence-electron chi connectivity index (χ2n) is 5.11. The summed E-state index contributed by atoms with van der Waals surface area (Å²) in [6.45, 7) is 0.524. The van der Waals surface area contributed by atoms with E-state index in [1.165, 1.54) is 6.07 Å². The zero-order valence-electron chi connectivity index (χ0n) is 11.3. The van der Waals surface area contributed by atoms with Crippen LogP contribution in [0.4, 0.5) is 4.39 Å². The molecule has 0 aromatic heterocycles. The molecule has 21 heavy (non-hydrogen) atoms. The molecular weight excluding hydrogens is 335 g/mol. The third-order valence-corrected chi connectivity index (χ3v) is 4.22. The highest BCUT2D eigenvalue weighted by Gasteiger charge is 2.27. The second kappa shape index (κ2) is 5.98. The third kappa shape index (κ3) is 3.00. The van der Waals surface area contributed by atoms with Crippen LogP contribution in [0.2, 0.25) is 0 Å². The summed E-state index contributed by atoms with van der Waals surface area (Å²) in [5.41, 5.74) is 1.35. The molecule has 1 heterocycles. The van der Waals surface area contributed by atoms with E-state index in [1.807, 2.05) is 24.3 Å². The zero-order valence-corrected chi connectivity index (χ0v) is 12.9. The van der Waals surface area contributed by atoms with E-state index in [2.05, 4.69) is 15.9 Å². The Morgan fingerprint density at radius 2 is 2.10 bits per heavy atom. The molecule has 0 fully saturated rings. The van der Waals surface area contributed by atoms with E-state index in [0.717, 1.165) is 11.3 Å². The van der Waals surface area contributed by atoms with Gasteiger partial charge in [0.1, 0.15) is 17.3 Å². The molecule has 0 aliphatic carbocycles. The monoisotopic (exact) mass is 348 g/mol. The lowest BCUT2D eigenvalue weighted by atomic mass is 9.87. The van der Waals surface area contributed by atoms with Crippen LogP contribution < -0.4 is 4.74 Å². The summed E-state index contributed by atoms with van der Waals surface area (Å²) in [7, 11) is 0. The van der Waals surface area contributed by atoms with Crippen LogP contribution in [-0.2, 0) is 11.2 Å². The van der Waals surface area contributed by atoms with Gasteiger partial charge >= 0.3 is 0 Å². The van der Waals surface area contributed by atoms with Crippen molar-refractivity contribution < 1.29 is 13.9 Å². The summed E-state index contributed by atoms with van der Waals surface area (Å²) in [5, 5.41) is 0. The van der Waals surface area contributed by atoms with Gasteiger partial charge in [0.05, 0.1) is 6.61 Å². The van der Waals surface area contributed by atoms with E-state index < -0.39 is 0 Å². The van der Waals surface area contributed by atoms with Gasteiger partial charge in [0, 0.05) is 22.4 Å². The fraction of sp³-hybridized carbons (Fsp3) is 0.235. The number of carbonyl (C=O) groups is 1. The van der Waals surface area contributed by atoms with E-state index in [9.17, 15) is 9.18 Å². The molecule has 1 aliphatic heterocycles. The van der Waals surface area contributed by atoms with Crippen LogP contribution in [0, 0.1) is 5.82 Å². The van der Waals surface area contributed by atoms with Gasteiger partial charge in [-0.05, 0) is 30.2 Å². The van der Waals surface area contributed by atoms with Crippen LogP contribution in [0.1, 0.15) is 23.5 Å². The Labute approximate surface area is 131 Å². The number of ether oxygens (including phenoxy) is 1. The maximum Gasteiger partial charge on any atom is 0.145 e. The number of hydrogen-bond acceptors (Lipinski definition) is 2. The second-order valence-corrected chi connectivity index (χ2v) is 6.02. The first kappa shape index (κ1) is 14.3. The van der Waals surface area contributed by atoms with E-state index >= 15 is 0 Å². The van der Waals surface area contributed by atoms with Crippen molar-refractivity contribution in [3.63, 3.8) is 0 Å². The van der Waals surface area contributed by atoms with Crippen LogP contribution in [0.3, 0.4) is 0 Å². The molecule has 1 aliphatic rings. The van der Waals surface area contributed by atoms with E-state index in [-0.39, 0.29) is 23.9 Å². The van der Waals surface area contributed by atoms with Gasteiger partial charge in [-0.1, -0.05) is 40.2 Å². The molecule has 2 aromatic carbocycles. The normalized spacial score (nSPS) is 17.0. The van der Waals surface area contributed by atoms with Gasteiger partial charge in [-0.15, -0.1) is 0 Å². The quantitative estimate of drug-likeness (QED) is 0.827. The molecule has 0 saturated carbocycles. The summed E-state index contributed by atoms with van der Waals surface area (Å²) < 4.78 is 20.1. The summed E-state index contributed by atoms with van der Waals surface area (Å²) in [6.07, 6.45) is 0.756. The van der Waals surface area contributed by atoms with Crippen LogP contribution in [-0.4, -0.2) is 12.4 Å². The predicted octanol–water partition coefficient (Wildman–Crippen LogP) is 4.27. The molecule has 4 heteroatoms. The first-order valence-corrected chi connectivity index (χ1v) is 7.63. The molecule has 0 radical (unpaired) electrons. The molecular formula is C17H14BrFO2. The van der Waals surface area contributed by atoms with Crippen molar-refractivity contribution in [3.05, 3.63) is 63.9 Å². The van der Waals surface area contributed by atoms with Crippen LogP contribution in [0.15, 0.2) is 46.9 Å². The van der Waals surface area contributed by atoms with Crippen molar-refractivity contribution >= 4 is 21.7 Å². The van der Waals surface area contributed by atoms with E-state index in [1.54, 1.807) is 12.1 Å².